The highest BCUT2D eigenvalue weighted by Crippen LogP contribution is 2.32. The first-order valence-corrected chi connectivity index (χ1v) is 9.76. The standard InChI is InChI=1S/C22H17FN6O3/c1-28-13-14(10-27-28)19-9-17(4-5-24-19)32-16-2-3-20-18(8-16)21(30)29(6-7-31-20)22-25-11-15(23)12-26-22/h2-5,8-13H,6-7H2,1H3. The number of rotatable bonds is 4. The van der Waals surface area contributed by atoms with Crippen LogP contribution < -0.4 is 14.4 Å². The number of ether oxygens (including phenoxy) is 2. The fourth-order valence-electron chi connectivity index (χ4n) is 3.32. The highest BCUT2D eigenvalue weighted by Gasteiger charge is 2.27. The summed E-state index contributed by atoms with van der Waals surface area (Å²) in [5.41, 5.74) is 1.87. The summed E-state index contributed by atoms with van der Waals surface area (Å²) in [7, 11) is 1.83. The van der Waals surface area contributed by atoms with Crippen molar-refractivity contribution in [3.05, 3.63) is 72.7 Å². The summed E-state index contributed by atoms with van der Waals surface area (Å²) in [6.07, 6.45) is 7.26. The molecule has 0 N–H and O–H groups in total. The zero-order valence-corrected chi connectivity index (χ0v) is 17.0. The molecule has 0 saturated carbocycles. The van der Waals surface area contributed by atoms with Crippen LogP contribution in [0, 0.1) is 5.82 Å². The van der Waals surface area contributed by atoms with Crippen LogP contribution in [0.5, 0.6) is 17.2 Å². The van der Waals surface area contributed by atoms with Crippen molar-refractivity contribution in [3.63, 3.8) is 0 Å². The summed E-state index contributed by atoms with van der Waals surface area (Å²) in [4.78, 5) is 26.7. The van der Waals surface area contributed by atoms with Gasteiger partial charge in [0.05, 0.1) is 36.4 Å². The lowest BCUT2D eigenvalue weighted by Crippen LogP contribution is -2.33. The van der Waals surface area contributed by atoms with Gasteiger partial charge in [0, 0.05) is 31.1 Å². The maximum Gasteiger partial charge on any atom is 0.264 e. The van der Waals surface area contributed by atoms with Gasteiger partial charge in [-0.1, -0.05) is 0 Å². The first kappa shape index (κ1) is 19.6. The van der Waals surface area contributed by atoms with Crippen LogP contribution in [0.25, 0.3) is 11.3 Å². The predicted molar refractivity (Wildman–Crippen MR) is 112 cm³/mol. The third kappa shape index (κ3) is 3.85. The second kappa shape index (κ2) is 8.06. The van der Waals surface area contributed by atoms with Crippen molar-refractivity contribution in [2.45, 2.75) is 0 Å². The smallest absolute Gasteiger partial charge is 0.264 e. The Labute approximate surface area is 182 Å². The average molecular weight is 432 g/mol. The second-order valence-corrected chi connectivity index (χ2v) is 7.05. The molecule has 0 atom stereocenters. The average Bonchev–Trinajstić information content (AvgIpc) is 3.17. The molecule has 160 valence electrons. The van der Waals surface area contributed by atoms with E-state index in [0.717, 1.165) is 18.0 Å². The van der Waals surface area contributed by atoms with Crippen LogP contribution >= 0.6 is 0 Å². The number of hydrogen-bond acceptors (Lipinski definition) is 7. The second-order valence-electron chi connectivity index (χ2n) is 7.05. The Hall–Kier alpha value is -4.34. The number of aromatic nitrogens is 5. The van der Waals surface area contributed by atoms with Crippen molar-refractivity contribution >= 4 is 11.9 Å². The van der Waals surface area contributed by atoms with Gasteiger partial charge in [0.1, 0.15) is 23.9 Å². The molecule has 0 radical (unpaired) electrons. The third-order valence-electron chi connectivity index (χ3n) is 4.81. The Kier molecular flexibility index (Phi) is 4.94. The summed E-state index contributed by atoms with van der Waals surface area (Å²) in [6, 6.07) is 8.52. The summed E-state index contributed by atoms with van der Waals surface area (Å²) in [5, 5.41) is 4.16. The van der Waals surface area contributed by atoms with Crippen molar-refractivity contribution in [1.29, 1.82) is 0 Å². The van der Waals surface area contributed by atoms with E-state index in [4.69, 9.17) is 9.47 Å². The topological polar surface area (TPSA) is 95.3 Å². The van der Waals surface area contributed by atoms with Crippen LogP contribution in [0.4, 0.5) is 10.3 Å². The number of benzene rings is 1. The number of halogens is 1. The number of anilines is 1. The van der Waals surface area contributed by atoms with Crippen molar-refractivity contribution in [2.75, 3.05) is 18.1 Å². The van der Waals surface area contributed by atoms with E-state index in [1.54, 1.807) is 47.4 Å². The van der Waals surface area contributed by atoms with E-state index in [9.17, 15) is 9.18 Å². The molecule has 32 heavy (non-hydrogen) atoms. The lowest BCUT2D eigenvalue weighted by atomic mass is 10.1. The molecule has 0 aliphatic carbocycles. The number of nitrogens with zero attached hydrogens (tertiary/aromatic N) is 6. The highest BCUT2D eigenvalue weighted by molar-refractivity contribution is 6.07. The molecule has 1 amide bonds. The van der Waals surface area contributed by atoms with Gasteiger partial charge in [-0.05, 0) is 24.3 Å². The number of fused-ring (bicyclic) bond motifs is 1. The van der Waals surface area contributed by atoms with Gasteiger partial charge in [0.2, 0.25) is 5.95 Å². The molecule has 0 unspecified atom stereocenters. The zero-order valence-electron chi connectivity index (χ0n) is 17.0. The predicted octanol–water partition coefficient (Wildman–Crippen LogP) is 3.24. The monoisotopic (exact) mass is 432 g/mol. The molecule has 0 spiro atoms. The highest BCUT2D eigenvalue weighted by atomic mass is 19.1. The maximum absolute atomic E-state index is 13.2. The van der Waals surface area contributed by atoms with Gasteiger partial charge in [-0.3, -0.25) is 19.4 Å². The molecule has 1 aromatic carbocycles. The van der Waals surface area contributed by atoms with E-state index >= 15 is 0 Å². The summed E-state index contributed by atoms with van der Waals surface area (Å²) in [5.74, 6) is 0.601. The summed E-state index contributed by atoms with van der Waals surface area (Å²) < 4.78 is 26.6. The number of carbonyl (C=O) groups excluding carboxylic acids is 1. The SMILES string of the molecule is Cn1cc(-c2cc(Oc3ccc4c(c3)C(=O)N(c3ncc(F)cn3)CCO4)ccn2)cn1. The van der Waals surface area contributed by atoms with Crippen LogP contribution in [0.2, 0.25) is 0 Å². The molecule has 1 aliphatic rings. The Bertz CT molecular complexity index is 1290. The van der Waals surface area contributed by atoms with Crippen LogP contribution in [0.3, 0.4) is 0 Å². The van der Waals surface area contributed by atoms with Crippen molar-refractivity contribution in [1.82, 2.24) is 24.7 Å². The fraction of sp³-hybridized carbons (Fsp3) is 0.136. The minimum absolute atomic E-state index is 0.106. The van der Waals surface area contributed by atoms with Crippen molar-refractivity contribution in [2.24, 2.45) is 7.05 Å². The maximum atomic E-state index is 13.2. The quantitative estimate of drug-likeness (QED) is 0.489. The van der Waals surface area contributed by atoms with Crippen molar-refractivity contribution < 1.29 is 18.7 Å². The van der Waals surface area contributed by atoms with Gasteiger partial charge in [0.15, 0.2) is 5.82 Å². The zero-order chi connectivity index (χ0) is 22.1. The van der Waals surface area contributed by atoms with Crippen LogP contribution in [0.15, 0.2) is 61.3 Å². The molecule has 10 heteroatoms. The van der Waals surface area contributed by atoms with E-state index in [1.807, 2.05) is 13.2 Å². The molecule has 3 aromatic heterocycles. The normalized spacial score (nSPS) is 13.3. The number of carbonyl (C=O) groups is 1. The third-order valence-corrected chi connectivity index (χ3v) is 4.81. The van der Waals surface area contributed by atoms with Crippen LogP contribution in [0.1, 0.15) is 10.4 Å². The van der Waals surface area contributed by atoms with E-state index in [1.165, 1.54) is 4.90 Å². The molecule has 1 aliphatic heterocycles. The largest absolute Gasteiger partial charge is 0.491 e. The molecule has 0 saturated heterocycles. The first-order valence-electron chi connectivity index (χ1n) is 9.76. The number of pyridine rings is 1. The van der Waals surface area contributed by atoms with E-state index in [-0.39, 0.29) is 25.0 Å². The molecule has 4 aromatic rings. The molecule has 9 nitrogen and oxygen atoms in total. The fourth-order valence-corrected chi connectivity index (χ4v) is 3.32. The molecular formula is C22H17FN6O3. The lowest BCUT2D eigenvalue weighted by Gasteiger charge is -2.17. The minimum atomic E-state index is -0.577. The molecule has 4 heterocycles. The lowest BCUT2D eigenvalue weighted by molar-refractivity contribution is 0.0988. The first-order chi connectivity index (χ1) is 15.6. The Morgan fingerprint density at radius 2 is 1.88 bits per heavy atom. The Morgan fingerprint density at radius 1 is 1.06 bits per heavy atom. The number of aryl methyl sites for hydroxylation is 1. The molecule has 0 bridgehead atoms. The van der Waals surface area contributed by atoms with Crippen LogP contribution in [-0.2, 0) is 7.05 Å². The van der Waals surface area contributed by atoms with Gasteiger partial charge in [0.25, 0.3) is 5.91 Å². The molecular weight excluding hydrogens is 415 g/mol. The molecule has 0 fully saturated rings. The summed E-state index contributed by atoms with van der Waals surface area (Å²) >= 11 is 0. The van der Waals surface area contributed by atoms with Gasteiger partial charge in [-0.25, -0.2) is 14.4 Å². The van der Waals surface area contributed by atoms with Crippen molar-refractivity contribution in [3.8, 4) is 28.5 Å². The van der Waals surface area contributed by atoms with E-state index in [2.05, 4.69) is 20.1 Å². The van der Waals surface area contributed by atoms with Gasteiger partial charge >= 0.3 is 0 Å². The molecule has 5 rings (SSSR count). The van der Waals surface area contributed by atoms with Gasteiger partial charge in [-0.15, -0.1) is 0 Å². The van der Waals surface area contributed by atoms with Gasteiger partial charge < -0.3 is 9.47 Å². The Morgan fingerprint density at radius 3 is 2.66 bits per heavy atom. The van der Waals surface area contributed by atoms with E-state index in [0.29, 0.717) is 28.5 Å². The Balaban J connectivity index is 1.43. The minimum Gasteiger partial charge on any atom is -0.491 e. The van der Waals surface area contributed by atoms with E-state index < -0.39 is 5.82 Å². The number of amides is 1. The number of hydrogen-bond donors (Lipinski definition) is 0. The summed E-state index contributed by atoms with van der Waals surface area (Å²) in [6.45, 7) is 0.479. The van der Waals surface area contributed by atoms with Gasteiger partial charge in [-0.2, -0.15) is 5.10 Å². The van der Waals surface area contributed by atoms with Crippen LogP contribution in [-0.4, -0.2) is 43.8 Å².